The van der Waals surface area contributed by atoms with Crippen LogP contribution in [0.25, 0.3) is 54.6 Å². The van der Waals surface area contributed by atoms with Gasteiger partial charge in [-0.05, 0) is 95.9 Å². The van der Waals surface area contributed by atoms with Gasteiger partial charge in [0, 0.05) is 10.4 Å². The molecule has 0 aliphatic carbocycles. The van der Waals surface area contributed by atoms with E-state index in [1.165, 1.54) is 71.3 Å². The summed E-state index contributed by atoms with van der Waals surface area (Å²) >= 11 is 3.79. The fraction of sp³-hybridized carbons (Fsp3) is 0.0455. The zero-order chi connectivity index (χ0) is 30.2. The number of benzene rings is 8. The van der Waals surface area contributed by atoms with Crippen molar-refractivity contribution in [3.8, 4) is 22.3 Å². The van der Waals surface area contributed by atoms with Crippen LogP contribution in [0.3, 0.4) is 0 Å². The van der Waals surface area contributed by atoms with Crippen LogP contribution in [0.5, 0.6) is 0 Å². The highest BCUT2D eigenvalue weighted by atomic mass is 79.9. The Kier molecular flexibility index (Phi) is 7.25. The maximum Gasteiger partial charge on any atom is 0.0181 e. The zero-order valence-corrected chi connectivity index (χ0v) is 26.4. The Bertz CT molecular complexity index is 2280. The Labute approximate surface area is 272 Å². The van der Waals surface area contributed by atoms with Gasteiger partial charge in [-0.1, -0.05) is 168 Å². The molecule has 8 aromatic rings. The van der Waals surface area contributed by atoms with Crippen molar-refractivity contribution in [2.75, 3.05) is 0 Å². The molecule has 1 unspecified atom stereocenters. The molecule has 0 aliphatic rings. The third-order valence-electron chi connectivity index (χ3n) is 9.14. The Hall–Kier alpha value is -4.98. The Morgan fingerprint density at radius 3 is 1.64 bits per heavy atom. The molecule has 0 fully saturated rings. The highest BCUT2D eigenvalue weighted by Gasteiger charge is 2.21. The van der Waals surface area contributed by atoms with Crippen molar-refractivity contribution < 1.29 is 0 Å². The average Bonchev–Trinajstić information content (AvgIpc) is 3.10. The molecule has 0 radical (unpaired) electrons. The zero-order valence-electron chi connectivity index (χ0n) is 24.8. The van der Waals surface area contributed by atoms with Gasteiger partial charge >= 0.3 is 0 Å². The first kappa shape index (κ1) is 27.6. The van der Waals surface area contributed by atoms with E-state index < -0.39 is 0 Å². The number of hydrogen-bond donors (Lipinski definition) is 0. The van der Waals surface area contributed by atoms with E-state index in [0.29, 0.717) is 0 Å². The van der Waals surface area contributed by atoms with Crippen molar-refractivity contribution >= 4 is 48.2 Å². The highest BCUT2D eigenvalue weighted by Crippen LogP contribution is 2.45. The molecule has 0 saturated heterocycles. The lowest BCUT2D eigenvalue weighted by molar-refractivity contribution is 0.811. The molecule has 0 aliphatic heterocycles. The number of halogens is 1. The van der Waals surface area contributed by atoms with Crippen LogP contribution in [0, 0.1) is 0 Å². The second kappa shape index (κ2) is 11.8. The lowest BCUT2D eigenvalue weighted by Crippen LogP contribution is -2.06. The van der Waals surface area contributed by atoms with Gasteiger partial charge in [0.15, 0.2) is 0 Å². The van der Waals surface area contributed by atoms with E-state index in [2.05, 4.69) is 186 Å². The summed E-state index contributed by atoms with van der Waals surface area (Å²) in [5.74, 6) is 0.200. The van der Waals surface area contributed by atoms with Crippen molar-refractivity contribution in [1.29, 1.82) is 0 Å². The van der Waals surface area contributed by atoms with Crippen LogP contribution in [0.4, 0.5) is 0 Å². The second-order valence-electron chi connectivity index (χ2n) is 11.8. The lowest BCUT2D eigenvalue weighted by Gasteiger charge is -2.23. The van der Waals surface area contributed by atoms with Crippen LogP contribution in [0.15, 0.2) is 174 Å². The molecular weight excluding hydrogens is 608 g/mol. The molecular formula is C44H31Br. The minimum atomic E-state index is 0.200. The van der Waals surface area contributed by atoms with E-state index in [1.807, 2.05) is 0 Å². The molecule has 0 spiro atoms. The number of hydrogen-bond acceptors (Lipinski definition) is 0. The summed E-state index contributed by atoms with van der Waals surface area (Å²) in [6.45, 7) is 0. The van der Waals surface area contributed by atoms with Gasteiger partial charge in [0.25, 0.3) is 0 Å². The largest absolute Gasteiger partial charge is 0.0622 e. The molecule has 0 saturated carbocycles. The summed E-state index contributed by atoms with van der Waals surface area (Å²) in [5.41, 5.74) is 9.06. The first-order valence-electron chi connectivity index (χ1n) is 15.6. The summed E-state index contributed by atoms with van der Waals surface area (Å²) in [4.78, 5) is 0. The molecule has 214 valence electrons. The predicted molar refractivity (Wildman–Crippen MR) is 196 cm³/mol. The molecule has 45 heavy (non-hydrogen) atoms. The van der Waals surface area contributed by atoms with Gasteiger partial charge in [0.2, 0.25) is 0 Å². The van der Waals surface area contributed by atoms with E-state index in [1.54, 1.807) is 0 Å². The number of fused-ring (bicyclic) bond motifs is 3. The van der Waals surface area contributed by atoms with Crippen LogP contribution in [-0.2, 0) is 6.42 Å². The fourth-order valence-electron chi connectivity index (χ4n) is 7.07. The standard InChI is InChI=1S/C44H31Br/c45-36-24-26-39-42(29-36)44(33-18-8-3-9-19-33)38-25-23-35(28-41(38)43(39)32-16-6-2-7-17-32)40(31-13-4-1-5-14-31)27-34-21-12-20-30-15-10-11-22-37(30)34/h1-26,28-29,40H,27H2. The molecule has 0 aromatic heterocycles. The van der Waals surface area contributed by atoms with Crippen molar-refractivity contribution in [1.82, 2.24) is 0 Å². The Balaban J connectivity index is 1.43. The maximum atomic E-state index is 3.79. The summed E-state index contributed by atoms with van der Waals surface area (Å²) in [5, 5.41) is 7.69. The predicted octanol–water partition coefficient (Wildman–Crippen LogP) is 12.6. The minimum absolute atomic E-state index is 0.200. The maximum absolute atomic E-state index is 3.79. The Morgan fingerprint density at radius 2 is 0.956 bits per heavy atom. The van der Waals surface area contributed by atoms with Crippen LogP contribution in [0.2, 0.25) is 0 Å². The van der Waals surface area contributed by atoms with Crippen molar-refractivity contribution in [2.24, 2.45) is 0 Å². The molecule has 8 rings (SSSR count). The van der Waals surface area contributed by atoms with Crippen molar-refractivity contribution in [3.05, 3.63) is 191 Å². The molecule has 0 heterocycles. The van der Waals surface area contributed by atoms with Crippen LogP contribution >= 0.6 is 15.9 Å². The first-order chi connectivity index (χ1) is 22.2. The van der Waals surface area contributed by atoms with Gasteiger partial charge < -0.3 is 0 Å². The van der Waals surface area contributed by atoms with Crippen molar-refractivity contribution in [3.63, 3.8) is 0 Å². The van der Waals surface area contributed by atoms with E-state index in [4.69, 9.17) is 0 Å². The average molecular weight is 640 g/mol. The van der Waals surface area contributed by atoms with Gasteiger partial charge in [-0.3, -0.25) is 0 Å². The third-order valence-corrected chi connectivity index (χ3v) is 9.63. The van der Waals surface area contributed by atoms with E-state index in [-0.39, 0.29) is 5.92 Å². The lowest BCUT2D eigenvalue weighted by atomic mass is 9.81. The highest BCUT2D eigenvalue weighted by molar-refractivity contribution is 9.10. The SMILES string of the molecule is Brc1ccc2c(-c3ccccc3)c3cc(C(Cc4cccc5ccccc45)c4ccccc4)ccc3c(-c3ccccc3)c2c1. The van der Waals surface area contributed by atoms with Gasteiger partial charge in [0.05, 0.1) is 0 Å². The molecule has 1 heteroatoms. The summed E-state index contributed by atoms with van der Waals surface area (Å²) < 4.78 is 1.08. The molecule has 0 N–H and O–H groups in total. The van der Waals surface area contributed by atoms with E-state index >= 15 is 0 Å². The molecule has 8 aromatic carbocycles. The van der Waals surface area contributed by atoms with Crippen LogP contribution in [-0.4, -0.2) is 0 Å². The first-order valence-corrected chi connectivity index (χ1v) is 16.4. The van der Waals surface area contributed by atoms with E-state index in [0.717, 1.165) is 10.9 Å². The van der Waals surface area contributed by atoms with Gasteiger partial charge in [-0.25, -0.2) is 0 Å². The molecule has 0 amide bonds. The van der Waals surface area contributed by atoms with Crippen LogP contribution in [0.1, 0.15) is 22.6 Å². The molecule has 0 nitrogen and oxygen atoms in total. The minimum Gasteiger partial charge on any atom is -0.0622 e. The number of rotatable bonds is 6. The third kappa shape index (κ3) is 5.14. The summed E-state index contributed by atoms with van der Waals surface area (Å²) in [6.07, 6.45) is 0.920. The summed E-state index contributed by atoms with van der Waals surface area (Å²) in [6, 6.07) is 62.2. The van der Waals surface area contributed by atoms with E-state index in [9.17, 15) is 0 Å². The second-order valence-corrected chi connectivity index (χ2v) is 12.7. The monoisotopic (exact) mass is 638 g/mol. The van der Waals surface area contributed by atoms with Gasteiger partial charge in [-0.15, -0.1) is 0 Å². The van der Waals surface area contributed by atoms with Gasteiger partial charge in [-0.2, -0.15) is 0 Å². The normalized spacial score (nSPS) is 12.1. The van der Waals surface area contributed by atoms with Crippen molar-refractivity contribution in [2.45, 2.75) is 12.3 Å². The van der Waals surface area contributed by atoms with Gasteiger partial charge in [0.1, 0.15) is 0 Å². The molecule has 0 bridgehead atoms. The fourth-order valence-corrected chi connectivity index (χ4v) is 7.43. The summed E-state index contributed by atoms with van der Waals surface area (Å²) in [7, 11) is 0. The van der Waals surface area contributed by atoms with Crippen LogP contribution < -0.4 is 0 Å². The Morgan fingerprint density at radius 1 is 0.400 bits per heavy atom. The smallest absolute Gasteiger partial charge is 0.0181 e. The topological polar surface area (TPSA) is 0 Å². The molecule has 1 atom stereocenters. The quantitative estimate of drug-likeness (QED) is 0.159.